The van der Waals surface area contributed by atoms with E-state index in [2.05, 4.69) is 39.5 Å². The number of benzene rings is 2. The molecule has 1 heterocycles. The molecule has 158 valence electrons. The summed E-state index contributed by atoms with van der Waals surface area (Å²) in [5.41, 5.74) is 4.51. The lowest BCUT2D eigenvalue weighted by Gasteiger charge is -2.35. The molecule has 2 aromatic rings. The minimum atomic E-state index is -0.183. The normalized spacial score (nSPS) is 14.7. The van der Waals surface area contributed by atoms with Crippen molar-refractivity contribution in [3.8, 4) is 0 Å². The first-order chi connectivity index (χ1) is 14.5. The van der Waals surface area contributed by atoms with E-state index >= 15 is 0 Å². The zero-order chi connectivity index (χ0) is 21.5. The van der Waals surface area contributed by atoms with Crippen LogP contribution < -0.4 is 15.5 Å². The Morgan fingerprint density at radius 3 is 2.33 bits per heavy atom. The van der Waals surface area contributed by atoms with E-state index in [0.29, 0.717) is 5.56 Å². The number of rotatable bonds is 6. The number of hydrogen-bond acceptors (Lipinski definition) is 4. The van der Waals surface area contributed by atoms with E-state index in [0.717, 1.165) is 49.5 Å². The van der Waals surface area contributed by atoms with Crippen molar-refractivity contribution in [3.05, 3.63) is 65.2 Å². The maximum atomic E-state index is 12.3. The van der Waals surface area contributed by atoms with Gasteiger partial charge in [0.1, 0.15) is 0 Å². The average molecular weight is 407 g/mol. The quantitative estimate of drug-likeness (QED) is 0.724. The summed E-state index contributed by atoms with van der Waals surface area (Å²) in [6.45, 7) is 9.55. The number of nitrogens with zero attached hydrogens (tertiary/aromatic N) is 2. The predicted molar refractivity (Wildman–Crippen MR) is 123 cm³/mol. The third-order valence-electron chi connectivity index (χ3n) is 5.48. The minimum Gasteiger partial charge on any atom is -0.369 e. The summed E-state index contributed by atoms with van der Waals surface area (Å²) in [5.74, 6) is -0.313. The highest BCUT2D eigenvalue weighted by molar-refractivity contribution is 6.02. The highest BCUT2D eigenvalue weighted by Crippen LogP contribution is 2.24. The van der Waals surface area contributed by atoms with Gasteiger partial charge in [0.05, 0.1) is 0 Å². The first-order valence-corrected chi connectivity index (χ1v) is 10.4. The standard InChI is InChI=1S/C24H30N4O2/c1-4-27-13-15-28(16-14-27)21-10-11-22(18(2)17-21)26-23(29)12-7-19-5-8-20(9-6-19)24(30)25-3/h5-12,17H,4,13-16H2,1-3H3,(H,25,30)(H,26,29)/b12-7+. The molecule has 1 aliphatic rings. The van der Waals surface area contributed by atoms with Crippen LogP contribution in [0.2, 0.25) is 0 Å². The summed E-state index contributed by atoms with van der Waals surface area (Å²) >= 11 is 0. The van der Waals surface area contributed by atoms with Crippen LogP contribution in [0.25, 0.3) is 6.08 Å². The molecule has 0 atom stereocenters. The van der Waals surface area contributed by atoms with E-state index in [4.69, 9.17) is 0 Å². The van der Waals surface area contributed by atoms with Gasteiger partial charge < -0.3 is 20.4 Å². The van der Waals surface area contributed by atoms with Crippen LogP contribution in [0.1, 0.15) is 28.4 Å². The fourth-order valence-corrected chi connectivity index (χ4v) is 3.54. The largest absolute Gasteiger partial charge is 0.369 e. The molecule has 0 aliphatic carbocycles. The van der Waals surface area contributed by atoms with E-state index in [1.807, 2.05) is 25.1 Å². The van der Waals surface area contributed by atoms with Gasteiger partial charge in [-0.15, -0.1) is 0 Å². The summed E-state index contributed by atoms with van der Waals surface area (Å²) in [5, 5.41) is 5.54. The lowest BCUT2D eigenvalue weighted by atomic mass is 10.1. The molecule has 3 rings (SSSR count). The van der Waals surface area contributed by atoms with Crippen molar-refractivity contribution in [2.24, 2.45) is 0 Å². The number of nitrogens with one attached hydrogen (secondary N) is 2. The van der Waals surface area contributed by atoms with Crippen molar-refractivity contribution >= 4 is 29.3 Å². The number of carbonyl (C=O) groups is 2. The fourth-order valence-electron chi connectivity index (χ4n) is 3.54. The Balaban J connectivity index is 1.58. The smallest absolute Gasteiger partial charge is 0.251 e. The Kier molecular flexibility index (Phi) is 7.25. The second kappa shape index (κ2) is 10.1. The van der Waals surface area contributed by atoms with Crippen LogP contribution in [0.15, 0.2) is 48.5 Å². The molecule has 2 N–H and O–H groups in total. The van der Waals surface area contributed by atoms with Gasteiger partial charge >= 0.3 is 0 Å². The number of amides is 2. The molecule has 1 fully saturated rings. The van der Waals surface area contributed by atoms with Crippen LogP contribution in [0.4, 0.5) is 11.4 Å². The van der Waals surface area contributed by atoms with E-state index in [9.17, 15) is 9.59 Å². The molecule has 6 heteroatoms. The van der Waals surface area contributed by atoms with E-state index in [-0.39, 0.29) is 11.8 Å². The van der Waals surface area contributed by atoms with Gasteiger partial charge in [0, 0.05) is 56.2 Å². The zero-order valence-corrected chi connectivity index (χ0v) is 17.9. The average Bonchev–Trinajstić information content (AvgIpc) is 2.79. The molecule has 0 aromatic heterocycles. The van der Waals surface area contributed by atoms with Gasteiger partial charge in [0.15, 0.2) is 0 Å². The number of hydrogen-bond donors (Lipinski definition) is 2. The minimum absolute atomic E-state index is 0.130. The predicted octanol–water partition coefficient (Wildman–Crippen LogP) is 3.15. The third kappa shape index (κ3) is 5.48. The molecule has 0 saturated carbocycles. The molecule has 0 radical (unpaired) electrons. The van der Waals surface area contributed by atoms with Crippen molar-refractivity contribution in [2.75, 3.05) is 50.0 Å². The van der Waals surface area contributed by atoms with Crippen LogP contribution in [-0.4, -0.2) is 56.5 Å². The highest BCUT2D eigenvalue weighted by Gasteiger charge is 2.16. The molecule has 2 aromatic carbocycles. The van der Waals surface area contributed by atoms with Crippen molar-refractivity contribution in [2.45, 2.75) is 13.8 Å². The van der Waals surface area contributed by atoms with E-state index in [1.54, 1.807) is 25.3 Å². The van der Waals surface area contributed by atoms with Gasteiger partial charge in [-0.3, -0.25) is 9.59 Å². The van der Waals surface area contributed by atoms with Crippen molar-refractivity contribution in [1.29, 1.82) is 0 Å². The number of piperazine rings is 1. The number of likely N-dealkylation sites (N-methyl/N-ethyl adjacent to an activating group) is 1. The highest BCUT2D eigenvalue weighted by atomic mass is 16.2. The SMILES string of the molecule is CCN1CCN(c2ccc(NC(=O)/C=C/c3ccc(C(=O)NC)cc3)c(C)c2)CC1. The molecule has 0 unspecified atom stereocenters. The van der Waals surface area contributed by atoms with Crippen LogP contribution >= 0.6 is 0 Å². The molecular formula is C24H30N4O2. The summed E-state index contributed by atoms with van der Waals surface area (Å²) in [7, 11) is 1.60. The van der Waals surface area contributed by atoms with E-state index in [1.165, 1.54) is 11.8 Å². The van der Waals surface area contributed by atoms with Gasteiger partial charge in [0.25, 0.3) is 5.91 Å². The summed E-state index contributed by atoms with van der Waals surface area (Å²) in [6, 6.07) is 13.3. The van der Waals surface area contributed by atoms with Crippen molar-refractivity contribution in [1.82, 2.24) is 10.2 Å². The van der Waals surface area contributed by atoms with Gasteiger partial charge in [-0.25, -0.2) is 0 Å². The Bertz CT molecular complexity index is 913. The molecule has 1 aliphatic heterocycles. The van der Waals surface area contributed by atoms with Crippen LogP contribution in [0.5, 0.6) is 0 Å². The van der Waals surface area contributed by atoms with Crippen LogP contribution in [-0.2, 0) is 4.79 Å². The first kappa shape index (κ1) is 21.6. The Hall–Kier alpha value is -3.12. The fraction of sp³-hybridized carbons (Fsp3) is 0.333. The second-order valence-electron chi connectivity index (χ2n) is 7.44. The summed E-state index contributed by atoms with van der Waals surface area (Å²) in [4.78, 5) is 28.8. The molecule has 30 heavy (non-hydrogen) atoms. The second-order valence-corrected chi connectivity index (χ2v) is 7.44. The molecule has 0 bridgehead atoms. The Labute approximate surface area is 178 Å². The number of aryl methyl sites for hydroxylation is 1. The zero-order valence-electron chi connectivity index (χ0n) is 17.9. The molecule has 1 saturated heterocycles. The molecule has 6 nitrogen and oxygen atoms in total. The maximum Gasteiger partial charge on any atom is 0.251 e. The number of anilines is 2. The third-order valence-corrected chi connectivity index (χ3v) is 5.48. The molecular weight excluding hydrogens is 376 g/mol. The first-order valence-electron chi connectivity index (χ1n) is 10.4. The van der Waals surface area contributed by atoms with Crippen LogP contribution in [0, 0.1) is 6.92 Å². The van der Waals surface area contributed by atoms with Gasteiger partial charge in [-0.05, 0) is 61.0 Å². The topological polar surface area (TPSA) is 64.7 Å². The monoisotopic (exact) mass is 406 g/mol. The van der Waals surface area contributed by atoms with Gasteiger partial charge in [-0.1, -0.05) is 19.1 Å². The summed E-state index contributed by atoms with van der Waals surface area (Å²) < 4.78 is 0. The lowest BCUT2D eigenvalue weighted by Crippen LogP contribution is -2.46. The molecule has 0 spiro atoms. The maximum absolute atomic E-state index is 12.3. The summed E-state index contributed by atoms with van der Waals surface area (Å²) in [6.07, 6.45) is 3.24. The van der Waals surface area contributed by atoms with Gasteiger partial charge in [0.2, 0.25) is 5.91 Å². The van der Waals surface area contributed by atoms with Crippen molar-refractivity contribution in [3.63, 3.8) is 0 Å². The van der Waals surface area contributed by atoms with E-state index < -0.39 is 0 Å². The van der Waals surface area contributed by atoms with Gasteiger partial charge in [-0.2, -0.15) is 0 Å². The van der Waals surface area contributed by atoms with Crippen molar-refractivity contribution < 1.29 is 9.59 Å². The number of carbonyl (C=O) groups excluding carboxylic acids is 2. The lowest BCUT2D eigenvalue weighted by molar-refractivity contribution is -0.111. The Morgan fingerprint density at radius 2 is 1.73 bits per heavy atom. The molecule has 2 amide bonds. The Morgan fingerprint density at radius 1 is 1.03 bits per heavy atom. The van der Waals surface area contributed by atoms with Crippen LogP contribution in [0.3, 0.4) is 0 Å².